The lowest BCUT2D eigenvalue weighted by atomic mass is 9.76. The first-order valence-corrected chi connectivity index (χ1v) is 13.6. The molecule has 6 heteroatoms. The van der Waals surface area contributed by atoms with Crippen molar-refractivity contribution in [1.82, 2.24) is 4.90 Å². The Balaban J connectivity index is 1.44. The molecule has 0 spiro atoms. The van der Waals surface area contributed by atoms with Gasteiger partial charge in [-0.2, -0.15) is 13.2 Å². The zero-order chi connectivity index (χ0) is 27.7. The maximum absolute atomic E-state index is 13.7. The highest BCUT2D eigenvalue weighted by Gasteiger charge is 2.43. The molecular formula is C34H31F3N2O. The van der Waals surface area contributed by atoms with Gasteiger partial charge in [0, 0.05) is 24.5 Å². The molecular weight excluding hydrogens is 509 g/mol. The highest BCUT2D eigenvalue weighted by atomic mass is 19.4. The molecule has 2 aliphatic rings. The predicted octanol–water partition coefficient (Wildman–Crippen LogP) is 7.56. The van der Waals surface area contributed by atoms with Gasteiger partial charge in [0.05, 0.1) is 18.3 Å². The molecule has 1 heterocycles. The van der Waals surface area contributed by atoms with Crippen LogP contribution >= 0.6 is 0 Å². The average Bonchev–Trinajstić information content (AvgIpc) is 3.72. The Bertz CT molecular complexity index is 1370. The van der Waals surface area contributed by atoms with E-state index in [0.717, 1.165) is 35.6 Å². The number of halogens is 3. The Morgan fingerprint density at radius 1 is 0.700 bits per heavy atom. The van der Waals surface area contributed by atoms with Crippen molar-refractivity contribution in [1.29, 1.82) is 0 Å². The van der Waals surface area contributed by atoms with E-state index in [9.17, 15) is 18.3 Å². The molecule has 1 aliphatic carbocycles. The van der Waals surface area contributed by atoms with Crippen LogP contribution in [0, 0.1) is 5.92 Å². The molecule has 1 unspecified atom stereocenters. The lowest BCUT2D eigenvalue weighted by Crippen LogP contribution is -2.46. The summed E-state index contributed by atoms with van der Waals surface area (Å²) in [6.45, 7) is 0.413. The first-order valence-electron chi connectivity index (χ1n) is 13.6. The van der Waals surface area contributed by atoms with Crippen molar-refractivity contribution in [3.8, 4) is 0 Å². The van der Waals surface area contributed by atoms with Crippen molar-refractivity contribution in [3.05, 3.63) is 149 Å². The molecule has 1 N–H and O–H groups in total. The molecule has 6 rings (SSSR count). The van der Waals surface area contributed by atoms with Crippen molar-refractivity contribution in [2.45, 2.75) is 37.1 Å². The second-order valence-corrected chi connectivity index (χ2v) is 10.6. The van der Waals surface area contributed by atoms with Crippen LogP contribution in [0.1, 0.15) is 40.7 Å². The highest BCUT2D eigenvalue weighted by Crippen LogP contribution is 2.45. The van der Waals surface area contributed by atoms with Crippen molar-refractivity contribution < 1.29 is 18.3 Å². The van der Waals surface area contributed by atoms with E-state index in [2.05, 4.69) is 41.3 Å². The molecule has 1 saturated carbocycles. The van der Waals surface area contributed by atoms with Crippen LogP contribution in [0.5, 0.6) is 0 Å². The third-order valence-corrected chi connectivity index (χ3v) is 8.05. The minimum Gasteiger partial charge on any atom is -0.392 e. The van der Waals surface area contributed by atoms with E-state index in [4.69, 9.17) is 0 Å². The fourth-order valence-electron chi connectivity index (χ4n) is 5.91. The molecule has 1 fully saturated rings. The largest absolute Gasteiger partial charge is 0.416 e. The lowest BCUT2D eigenvalue weighted by molar-refractivity contribution is -0.137. The van der Waals surface area contributed by atoms with E-state index < -0.39 is 23.4 Å². The second-order valence-electron chi connectivity index (χ2n) is 10.6. The second kappa shape index (κ2) is 10.5. The molecule has 4 aromatic rings. The summed E-state index contributed by atoms with van der Waals surface area (Å²) in [4.78, 5) is 4.23. The molecule has 40 heavy (non-hydrogen) atoms. The Kier molecular flexibility index (Phi) is 6.88. The fourth-order valence-corrected chi connectivity index (χ4v) is 5.91. The molecule has 0 amide bonds. The molecule has 0 bridgehead atoms. The Morgan fingerprint density at radius 3 is 1.70 bits per heavy atom. The average molecular weight is 541 g/mol. The summed E-state index contributed by atoms with van der Waals surface area (Å²) in [5, 5.41) is 10.7. The minimum atomic E-state index is -4.45. The van der Waals surface area contributed by atoms with Gasteiger partial charge in [-0.3, -0.25) is 0 Å². The van der Waals surface area contributed by atoms with E-state index in [1.54, 1.807) is 6.07 Å². The number of alkyl halides is 3. The SMILES string of the molecule is OC(Cc1cc(C(F)(F)F)ccc1N1C=CN(C(c2ccccc2)(c2ccccc2)c2ccccc2)C1)C1CC1. The van der Waals surface area contributed by atoms with Gasteiger partial charge in [0.1, 0.15) is 5.54 Å². The van der Waals surface area contributed by atoms with Crippen LogP contribution < -0.4 is 4.90 Å². The van der Waals surface area contributed by atoms with Crippen molar-refractivity contribution in [2.75, 3.05) is 11.6 Å². The number of hydrogen-bond acceptors (Lipinski definition) is 3. The molecule has 3 nitrogen and oxygen atoms in total. The quantitative estimate of drug-likeness (QED) is 0.234. The number of anilines is 1. The summed E-state index contributed by atoms with van der Waals surface area (Å²) in [6.07, 6.45) is 0.872. The predicted molar refractivity (Wildman–Crippen MR) is 151 cm³/mol. The van der Waals surface area contributed by atoms with E-state index >= 15 is 0 Å². The van der Waals surface area contributed by atoms with Crippen molar-refractivity contribution >= 4 is 5.69 Å². The molecule has 1 atom stereocenters. The summed E-state index contributed by atoms with van der Waals surface area (Å²) in [5.74, 6) is 0.162. The monoisotopic (exact) mass is 540 g/mol. The normalized spacial score (nSPS) is 16.4. The third-order valence-electron chi connectivity index (χ3n) is 8.05. The number of nitrogens with zero attached hydrogens (tertiary/aromatic N) is 2. The van der Waals surface area contributed by atoms with E-state index in [0.29, 0.717) is 17.9 Å². The van der Waals surface area contributed by atoms with E-state index in [-0.39, 0.29) is 12.3 Å². The van der Waals surface area contributed by atoms with Gasteiger partial charge >= 0.3 is 6.18 Å². The van der Waals surface area contributed by atoms with Crippen molar-refractivity contribution in [3.63, 3.8) is 0 Å². The number of aliphatic hydroxyl groups excluding tert-OH is 1. The van der Waals surface area contributed by atoms with Gasteiger partial charge < -0.3 is 14.9 Å². The summed E-state index contributed by atoms with van der Waals surface area (Å²) in [5.41, 5.74) is 3.04. The smallest absolute Gasteiger partial charge is 0.392 e. The summed E-state index contributed by atoms with van der Waals surface area (Å²) < 4.78 is 41.0. The molecule has 204 valence electrons. The lowest BCUT2D eigenvalue weighted by Gasteiger charge is -2.44. The topological polar surface area (TPSA) is 26.7 Å². The van der Waals surface area contributed by atoms with Crippen LogP contribution in [-0.2, 0) is 18.1 Å². The van der Waals surface area contributed by atoms with Gasteiger partial charge in [-0.05, 0) is 59.2 Å². The van der Waals surface area contributed by atoms with Gasteiger partial charge in [-0.25, -0.2) is 0 Å². The molecule has 0 saturated heterocycles. The standard InChI is InChI=1S/C34H31F3N2O/c35-34(36,37)30-18-19-31(26(22-30)23-32(40)25-16-17-25)38-20-21-39(24-38)33(27-10-4-1-5-11-27,28-12-6-2-7-13-28)29-14-8-3-9-15-29/h1-15,18-22,25,32,40H,16-17,23-24H2. The summed E-state index contributed by atoms with van der Waals surface area (Å²) in [6, 6.07) is 34.7. The molecule has 4 aromatic carbocycles. The number of rotatable bonds is 8. The molecule has 1 aliphatic heterocycles. The number of hydrogen-bond donors (Lipinski definition) is 1. The maximum atomic E-state index is 13.7. The molecule has 0 radical (unpaired) electrons. The van der Waals surface area contributed by atoms with Crippen LogP contribution in [0.15, 0.2) is 122 Å². The van der Waals surface area contributed by atoms with Gasteiger partial charge in [-0.1, -0.05) is 91.0 Å². The van der Waals surface area contributed by atoms with Crippen LogP contribution in [0.2, 0.25) is 0 Å². The first kappa shape index (κ1) is 26.2. The van der Waals surface area contributed by atoms with Gasteiger partial charge in [0.25, 0.3) is 0 Å². The van der Waals surface area contributed by atoms with E-state index in [1.165, 1.54) is 6.07 Å². The Morgan fingerprint density at radius 2 is 1.23 bits per heavy atom. The minimum absolute atomic E-state index is 0.162. The highest BCUT2D eigenvalue weighted by molar-refractivity contribution is 5.60. The van der Waals surface area contributed by atoms with Crippen LogP contribution in [0.25, 0.3) is 0 Å². The van der Waals surface area contributed by atoms with Gasteiger partial charge in [-0.15, -0.1) is 0 Å². The van der Waals surface area contributed by atoms with Crippen molar-refractivity contribution in [2.24, 2.45) is 5.92 Å². The van der Waals surface area contributed by atoms with Crippen LogP contribution in [-0.4, -0.2) is 22.8 Å². The van der Waals surface area contributed by atoms with Crippen LogP contribution in [0.3, 0.4) is 0 Å². The maximum Gasteiger partial charge on any atom is 0.416 e. The molecule has 0 aromatic heterocycles. The van der Waals surface area contributed by atoms with Crippen LogP contribution in [0.4, 0.5) is 18.9 Å². The zero-order valence-electron chi connectivity index (χ0n) is 22.0. The van der Waals surface area contributed by atoms with E-state index in [1.807, 2.05) is 71.9 Å². The first-order chi connectivity index (χ1) is 19.4. The Labute approximate surface area is 232 Å². The summed E-state index contributed by atoms with van der Waals surface area (Å²) in [7, 11) is 0. The third kappa shape index (κ3) is 4.88. The van der Waals surface area contributed by atoms with Gasteiger partial charge in [0.15, 0.2) is 0 Å². The zero-order valence-corrected chi connectivity index (χ0v) is 22.0. The fraction of sp³-hybridized carbons (Fsp3) is 0.235. The Hall–Kier alpha value is -4.03. The summed E-state index contributed by atoms with van der Waals surface area (Å²) >= 11 is 0. The van der Waals surface area contributed by atoms with Gasteiger partial charge in [0.2, 0.25) is 0 Å². The number of benzene rings is 4. The number of aliphatic hydroxyl groups is 1.